The summed E-state index contributed by atoms with van der Waals surface area (Å²) in [5.74, 6) is 0.568. The van der Waals surface area contributed by atoms with Crippen molar-refractivity contribution in [3.63, 3.8) is 0 Å². The molecule has 7 heteroatoms. The second-order valence-corrected chi connectivity index (χ2v) is 5.85. The summed E-state index contributed by atoms with van der Waals surface area (Å²) in [6.45, 7) is 5.27. The molecule has 0 bridgehead atoms. The van der Waals surface area contributed by atoms with Gasteiger partial charge in [-0.25, -0.2) is 4.79 Å². The van der Waals surface area contributed by atoms with Crippen LogP contribution in [0, 0.1) is 0 Å². The summed E-state index contributed by atoms with van der Waals surface area (Å²) in [5.41, 5.74) is -0.0537. The molecule has 2 heterocycles. The van der Waals surface area contributed by atoms with Crippen LogP contribution in [0.4, 0.5) is 5.82 Å². The maximum Gasteiger partial charge on any atom is 0.332 e. The Hall–Kier alpha value is -2.05. The number of rotatable bonds is 9. The van der Waals surface area contributed by atoms with E-state index in [1.807, 2.05) is 0 Å². The van der Waals surface area contributed by atoms with Gasteiger partial charge in [0.25, 0.3) is 5.56 Å². The van der Waals surface area contributed by atoms with Gasteiger partial charge in [-0.1, -0.05) is 39.5 Å². The Morgan fingerprint density at radius 1 is 1.00 bits per heavy atom. The van der Waals surface area contributed by atoms with Gasteiger partial charge in [0.15, 0.2) is 5.65 Å². The van der Waals surface area contributed by atoms with Crippen molar-refractivity contribution in [2.75, 3.05) is 12.4 Å². The molecular weight excluding hydrogens is 294 g/mol. The quantitative estimate of drug-likeness (QED) is 0.694. The normalized spacial score (nSPS) is 11.3. The third-order valence-corrected chi connectivity index (χ3v) is 4.14. The van der Waals surface area contributed by atoms with E-state index >= 15 is 0 Å². The van der Waals surface area contributed by atoms with Crippen LogP contribution in [0.15, 0.2) is 9.59 Å². The van der Waals surface area contributed by atoms with Crippen LogP contribution in [0.2, 0.25) is 0 Å². The lowest BCUT2D eigenvalue weighted by molar-refractivity contribution is 0.516. The number of aryl methyl sites for hydroxylation is 1. The molecule has 0 amide bonds. The lowest BCUT2D eigenvalue weighted by atomic mass is 10.2. The molecule has 7 nitrogen and oxygen atoms in total. The minimum atomic E-state index is -0.258. The number of fused-ring (bicyclic) bond motifs is 1. The third-order valence-electron chi connectivity index (χ3n) is 4.14. The van der Waals surface area contributed by atoms with Crippen molar-refractivity contribution < 1.29 is 0 Å². The van der Waals surface area contributed by atoms with Crippen LogP contribution in [-0.4, -0.2) is 26.4 Å². The van der Waals surface area contributed by atoms with Gasteiger partial charge in [-0.2, -0.15) is 5.10 Å². The SMILES string of the molecule is CCCCCn1c(=O)c2c(NC)[nH]nc2n(CCCCC)c1=O. The topological polar surface area (TPSA) is 84.7 Å². The summed E-state index contributed by atoms with van der Waals surface area (Å²) in [6, 6.07) is 0. The van der Waals surface area contributed by atoms with Crippen LogP contribution in [-0.2, 0) is 13.1 Å². The minimum absolute atomic E-state index is 0.246. The molecule has 0 fully saturated rings. The van der Waals surface area contributed by atoms with E-state index in [4.69, 9.17) is 0 Å². The van der Waals surface area contributed by atoms with Crippen molar-refractivity contribution in [1.29, 1.82) is 0 Å². The first-order valence-electron chi connectivity index (χ1n) is 8.55. The maximum atomic E-state index is 12.7. The van der Waals surface area contributed by atoms with Crippen LogP contribution < -0.4 is 16.6 Å². The Bertz CT molecular complexity index is 756. The minimum Gasteiger partial charge on any atom is -0.373 e. The standard InChI is InChI=1S/C16H27N5O2/c1-4-6-8-10-20-14-12(13(17-3)18-19-14)15(22)21(16(20)23)11-9-7-5-2/h4-11H2,1-3H3,(H2,17,18,19). The molecule has 0 aliphatic rings. The van der Waals surface area contributed by atoms with Crippen molar-refractivity contribution in [2.45, 2.75) is 65.5 Å². The summed E-state index contributed by atoms with van der Waals surface area (Å²) >= 11 is 0. The van der Waals surface area contributed by atoms with Gasteiger partial charge in [0.2, 0.25) is 0 Å². The molecule has 0 saturated heterocycles. The lowest BCUT2D eigenvalue weighted by Gasteiger charge is -2.11. The molecule has 0 unspecified atom stereocenters. The van der Waals surface area contributed by atoms with Crippen LogP contribution in [0.1, 0.15) is 52.4 Å². The Labute approximate surface area is 135 Å². The van der Waals surface area contributed by atoms with Gasteiger partial charge in [-0.05, 0) is 12.8 Å². The second-order valence-electron chi connectivity index (χ2n) is 5.85. The molecule has 2 N–H and O–H groups in total. The number of hydrogen-bond donors (Lipinski definition) is 2. The number of unbranched alkanes of at least 4 members (excludes halogenated alkanes) is 4. The van der Waals surface area contributed by atoms with Gasteiger partial charge < -0.3 is 5.32 Å². The van der Waals surface area contributed by atoms with E-state index in [-0.39, 0.29) is 11.2 Å². The Morgan fingerprint density at radius 3 is 2.17 bits per heavy atom. The fourth-order valence-corrected chi connectivity index (χ4v) is 2.81. The summed E-state index contributed by atoms with van der Waals surface area (Å²) in [5, 5.41) is 10.4. The third kappa shape index (κ3) is 3.48. The highest BCUT2D eigenvalue weighted by Crippen LogP contribution is 2.15. The lowest BCUT2D eigenvalue weighted by Crippen LogP contribution is -2.40. The van der Waals surface area contributed by atoms with Crippen molar-refractivity contribution in [3.05, 3.63) is 20.8 Å². The zero-order valence-electron chi connectivity index (χ0n) is 14.3. The number of nitrogens with one attached hydrogen (secondary N) is 2. The van der Waals surface area contributed by atoms with Gasteiger partial charge in [0.05, 0.1) is 0 Å². The summed E-state index contributed by atoms with van der Waals surface area (Å²) in [6.07, 6.45) is 5.92. The summed E-state index contributed by atoms with van der Waals surface area (Å²) < 4.78 is 3.00. The first-order chi connectivity index (χ1) is 11.2. The second kappa shape index (κ2) is 7.99. The number of nitrogens with zero attached hydrogens (tertiary/aromatic N) is 3. The number of hydrogen-bond acceptors (Lipinski definition) is 4. The fraction of sp³-hybridized carbons (Fsp3) is 0.688. The van der Waals surface area contributed by atoms with Gasteiger partial charge in [0.1, 0.15) is 11.2 Å². The molecule has 0 spiro atoms. The molecule has 0 radical (unpaired) electrons. The Morgan fingerprint density at radius 2 is 1.61 bits per heavy atom. The Balaban J connectivity index is 2.55. The molecule has 0 saturated carbocycles. The molecule has 128 valence electrons. The summed E-state index contributed by atoms with van der Waals surface area (Å²) in [4.78, 5) is 25.5. The van der Waals surface area contributed by atoms with Gasteiger partial charge in [-0.3, -0.25) is 19.0 Å². The first kappa shape index (κ1) is 17.3. The Kier molecular flexibility index (Phi) is 6.01. The number of H-pyrrole nitrogens is 1. The van der Waals surface area contributed by atoms with E-state index in [1.165, 1.54) is 4.57 Å². The highest BCUT2D eigenvalue weighted by molar-refractivity contribution is 5.86. The van der Waals surface area contributed by atoms with Crippen molar-refractivity contribution in [1.82, 2.24) is 19.3 Å². The van der Waals surface area contributed by atoms with Crippen LogP contribution in [0.3, 0.4) is 0 Å². The number of aromatic amines is 1. The molecule has 0 aliphatic heterocycles. The van der Waals surface area contributed by atoms with Crippen molar-refractivity contribution >= 4 is 16.9 Å². The smallest absolute Gasteiger partial charge is 0.332 e. The first-order valence-corrected chi connectivity index (χ1v) is 8.55. The van der Waals surface area contributed by atoms with Crippen LogP contribution in [0.5, 0.6) is 0 Å². The van der Waals surface area contributed by atoms with Crippen molar-refractivity contribution in [2.24, 2.45) is 0 Å². The van der Waals surface area contributed by atoms with Crippen LogP contribution >= 0.6 is 0 Å². The highest BCUT2D eigenvalue weighted by Gasteiger charge is 2.18. The van der Waals surface area contributed by atoms with Gasteiger partial charge in [-0.15, -0.1) is 0 Å². The zero-order chi connectivity index (χ0) is 16.8. The van der Waals surface area contributed by atoms with E-state index in [9.17, 15) is 9.59 Å². The molecule has 2 rings (SSSR count). The molecule has 23 heavy (non-hydrogen) atoms. The van der Waals surface area contributed by atoms with E-state index < -0.39 is 0 Å². The zero-order valence-corrected chi connectivity index (χ0v) is 14.3. The number of aromatic nitrogens is 4. The predicted octanol–water partition coefficient (Wildman–Crippen LogP) is 2.31. The van der Waals surface area contributed by atoms with Gasteiger partial charge in [0, 0.05) is 20.1 Å². The highest BCUT2D eigenvalue weighted by atomic mass is 16.2. The van der Waals surface area contributed by atoms with E-state index in [0.29, 0.717) is 29.9 Å². The van der Waals surface area contributed by atoms with E-state index in [2.05, 4.69) is 29.4 Å². The van der Waals surface area contributed by atoms with Crippen molar-refractivity contribution in [3.8, 4) is 0 Å². The molecule has 0 aromatic carbocycles. The number of anilines is 1. The predicted molar refractivity (Wildman–Crippen MR) is 93.2 cm³/mol. The average molecular weight is 321 g/mol. The molecule has 0 atom stereocenters. The summed E-state index contributed by atoms with van der Waals surface area (Å²) in [7, 11) is 1.74. The van der Waals surface area contributed by atoms with Crippen LogP contribution in [0.25, 0.3) is 11.0 Å². The molecule has 0 aliphatic carbocycles. The van der Waals surface area contributed by atoms with Gasteiger partial charge >= 0.3 is 5.69 Å². The fourth-order valence-electron chi connectivity index (χ4n) is 2.81. The monoisotopic (exact) mass is 321 g/mol. The average Bonchev–Trinajstić information content (AvgIpc) is 2.98. The largest absolute Gasteiger partial charge is 0.373 e. The maximum absolute atomic E-state index is 12.7. The van der Waals surface area contributed by atoms with E-state index in [1.54, 1.807) is 11.6 Å². The molecule has 2 aromatic rings. The molecule has 2 aromatic heterocycles. The van der Waals surface area contributed by atoms with E-state index in [0.717, 1.165) is 38.5 Å². The molecular formula is C16H27N5O2.